The van der Waals surface area contributed by atoms with Gasteiger partial charge in [0.15, 0.2) is 6.23 Å². The van der Waals surface area contributed by atoms with Gasteiger partial charge in [0, 0.05) is 26.5 Å². The van der Waals surface area contributed by atoms with Crippen LogP contribution < -0.4 is 10.6 Å². The summed E-state index contributed by atoms with van der Waals surface area (Å²) >= 11 is 0. The maximum atomic E-state index is 12.0. The van der Waals surface area contributed by atoms with Gasteiger partial charge in [-0.05, 0) is 19.3 Å². The van der Waals surface area contributed by atoms with E-state index in [9.17, 15) is 9.59 Å². The van der Waals surface area contributed by atoms with Crippen molar-refractivity contribution in [2.24, 2.45) is 5.92 Å². The number of hydrogen-bond donors (Lipinski definition) is 2. The average Bonchev–Trinajstić information content (AvgIpc) is 3.20. The number of methoxy groups -OCH3 is 1. The third kappa shape index (κ3) is 11.0. The first-order valence-corrected chi connectivity index (χ1v) is 11.6. The summed E-state index contributed by atoms with van der Waals surface area (Å²) in [5, 5.41) is 6.39. The number of carbonyl (C=O) groups is 2. The number of rotatable bonds is 19. The van der Waals surface area contributed by atoms with E-state index in [1.165, 1.54) is 6.92 Å². The van der Waals surface area contributed by atoms with Gasteiger partial charge in [-0.15, -0.1) is 6.42 Å². The van der Waals surface area contributed by atoms with E-state index in [-0.39, 0.29) is 43.7 Å². The third-order valence-corrected chi connectivity index (χ3v) is 5.62. The molecule has 1 aliphatic rings. The Hall–Kier alpha value is -2.00. The van der Waals surface area contributed by atoms with Gasteiger partial charge < -0.3 is 24.3 Å². The van der Waals surface area contributed by atoms with Crippen LogP contribution in [0, 0.1) is 18.3 Å². The Kier molecular flexibility index (Phi) is 15.4. The number of amides is 1. The monoisotopic (exact) mass is 484 g/mol. The highest BCUT2D eigenvalue weighted by Crippen LogP contribution is 2.32. The largest absolute Gasteiger partial charge is 0.449 e. The van der Waals surface area contributed by atoms with Crippen molar-refractivity contribution in [3.8, 4) is 12.3 Å². The van der Waals surface area contributed by atoms with Crippen LogP contribution in [0.3, 0.4) is 0 Å². The molecule has 0 aromatic heterocycles. The summed E-state index contributed by atoms with van der Waals surface area (Å²) in [6.07, 6.45) is 10.8. The molecule has 2 N–H and O–H groups in total. The van der Waals surface area contributed by atoms with Crippen molar-refractivity contribution in [1.82, 2.24) is 10.6 Å². The average molecular weight is 485 g/mol. The molecule has 0 saturated carbocycles. The topological polar surface area (TPSA) is 114 Å². The van der Waals surface area contributed by atoms with E-state index in [1.54, 1.807) is 7.11 Å². The Morgan fingerprint density at radius 3 is 2.56 bits per heavy atom. The Morgan fingerprint density at radius 1 is 1.26 bits per heavy atom. The van der Waals surface area contributed by atoms with Crippen molar-refractivity contribution in [1.29, 1.82) is 0 Å². The first kappa shape index (κ1) is 30.0. The predicted molar refractivity (Wildman–Crippen MR) is 125 cm³/mol. The van der Waals surface area contributed by atoms with Gasteiger partial charge in [-0.25, -0.2) is 9.78 Å². The van der Waals surface area contributed by atoms with Crippen molar-refractivity contribution in [3.05, 3.63) is 12.2 Å². The Labute approximate surface area is 202 Å². The van der Waals surface area contributed by atoms with Gasteiger partial charge in [-0.3, -0.25) is 14.9 Å². The molecule has 1 amide bonds. The lowest BCUT2D eigenvalue weighted by molar-refractivity contribution is -0.302. The second-order valence-electron chi connectivity index (χ2n) is 8.16. The highest BCUT2D eigenvalue weighted by Gasteiger charge is 2.46. The van der Waals surface area contributed by atoms with Gasteiger partial charge in [0.1, 0.15) is 19.8 Å². The van der Waals surface area contributed by atoms with Crippen LogP contribution >= 0.6 is 0 Å². The minimum absolute atomic E-state index is 0.0145. The molecule has 1 aliphatic heterocycles. The number of nitrogens with one attached hydrogen (secondary N) is 2. The molecule has 0 spiro atoms. The molecule has 0 bridgehead atoms. The van der Waals surface area contributed by atoms with Crippen LogP contribution in [0.5, 0.6) is 0 Å². The maximum Gasteiger partial charge on any atom is 0.294 e. The molecule has 10 nitrogen and oxygen atoms in total. The molecular formula is C24H40N2O8. The molecule has 0 unspecified atom stereocenters. The molecule has 0 aromatic carbocycles. The summed E-state index contributed by atoms with van der Waals surface area (Å²) in [6, 6.07) is -0.532. The standard InChI is InChI=1S/C24H40N2O8/c1-6-10-24(4,29-5)23(25-19(3)28)22-20(17-21(26-22)32-18-27)9-8-12-31-14-16-34-33-15-13-30-11-7-2/h2,8-9,18,20-23,26H,6,10-17H2,1,3-5H3,(H,25,28)/b9-8-/t20-,21+,22-,23-,24+/m1/s1. The molecule has 34 heavy (non-hydrogen) atoms. The summed E-state index contributed by atoms with van der Waals surface area (Å²) < 4.78 is 21.6. The first-order valence-electron chi connectivity index (χ1n) is 11.6. The summed E-state index contributed by atoms with van der Waals surface area (Å²) in [4.78, 5) is 32.9. The maximum absolute atomic E-state index is 12.0. The van der Waals surface area contributed by atoms with Crippen molar-refractivity contribution >= 4 is 12.4 Å². The van der Waals surface area contributed by atoms with Gasteiger partial charge in [0.25, 0.3) is 6.47 Å². The molecule has 1 fully saturated rings. The molecule has 0 aliphatic carbocycles. The van der Waals surface area contributed by atoms with Crippen LogP contribution in [0.2, 0.25) is 0 Å². The fraction of sp³-hybridized carbons (Fsp3) is 0.750. The van der Waals surface area contributed by atoms with Crippen LogP contribution in [-0.2, 0) is 38.3 Å². The van der Waals surface area contributed by atoms with Gasteiger partial charge in [0.05, 0.1) is 31.5 Å². The van der Waals surface area contributed by atoms with Gasteiger partial charge in [-0.2, -0.15) is 0 Å². The van der Waals surface area contributed by atoms with Crippen LogP contribution in [0.4, 0.5) is 0 Å². The SMILES string of the molecule is C#CCOCCOOCCOC/C=C\[C@@H]1C[C@H](OC=O)N[C@H]1[C@@H](NC(C)=O)[C@](C)(CCC)OC. The lowest BCUT2D eigenvalue weighted by atomic mass is 9.81. The fourth-order valence-electron chi connectivity index (χ4n) is 4.04. The Balaban J connectivity index is 2.62. The molecule has 5 atom stereocenters. The Bertz CT molecular complexity index is 653. The van der Waals surface area contributed by atoms with Crippen molar-refractivity contribution in [3.63, 3.8) is 0 Å². The van der Waals surface area contributed by atoms with E-state index in [0.29, 0.717) is 32.7 Å². The van der Waals surface area contributed by atoms with Crippen molar-refractivity contribution in [2.45, 2.75) is 63.9 Å². The first-order chi connectivity index (χ1) is 16.4. The number of ether oxygens (including phenoxy) is 4. The van der Waals surface area contributed by atoms with Crippen LogP contribution in [0.15, 0.2) is 12.2 Å². The summed E-state index contributed by atoms with van der Waals surface area (Å²) in [5.74, 6) is 2.20. The second-order valence-corrected chi connectivity index (χ2v) is 8.16. The summed E-state index contributed by atoms with van der Waals surface area (Å²) in [7, 11) is 1.65. The van der Waals surface area contributed by atoms with E-state index in [2.05, 4.69) is 23.5 Å². The molecule has 1 saturated heterocycles. The number of hydrogen-bond acceptors (Lipinski definition) is 9. The highest BCUT2D eigenvalue weighted by atomic mass is 17.2. The highest BCUT2D eigenvalue weighted by molar-refractivity contribution is 5.73. The number of carbonyl (C=O) groups excluding carboxylic acids is 2. The van der Waals surface area contributed by atoms with Gasteiger partial charge in [-0.1, -0.05) is 31.4 Å². The molecule has 0 aromatic rings. The van der Waals surface area contributed by atoms with Crippen LogP contribution in [0.25, 0.3) is 0 Å². The van der Waals surface area contributed by atoms with E-state index >= 15 is 0 Å². The predicted octanol–water partition coefficient (Wildman–Crippen LogP) is 1.34. The van der Waals surface area contributed by atoms with Crippen LogP contribution in [0.1, 0.15) is 40.0 Å². The molecule has 1 rings (SSSR count). The second kappa shape index (κ2) is 17.4. The summed E-state index contributed by atoms with van der Waals surface area (Å²) in [6.45, 7) is 7.87. The molecule has 10 heteroatoms. The zero-order valence-electron chi connectivity index (χ0n) is 20.7. The van der Waals surface area contributed by atoms with E-state index in [0.717, 1.165) is 12.8 Å². The van der Waals surface area contributed by atoms with Crippen LogP contribution in [-0.4, -0.2) is 83.0 Å². The molecule has 194 valence electrons. The van der Waals surface area contributed by atoms with Gasteiger partial charge >= 0.3 is 0 Å². The minimum atomic E-state index is -0.597. The minimum Gasteiger partial charge on any atom is -0.449 e. The lowest BCUT2D eigenvalue weighted by Crippen LogP contribution is -2.62. The Morgan fingerprint density at radius 2 is 1.97 bits per heavy atom. The quantitative estimate of drug-likeness (QED) is 0.0700. The van der Waals surface area contributed by atoms with E-state index in [4.69, 9.17) is 35.1 Å². The van der Waals surface area contributed by atoms with E-state index < -0.39 is 11.8 Å². The fourth-order valence-corrected chi connectivity index (χ4v) is 4.04. The van der Waals surface area contributed by atoms with Gasteiger partial charge in [0.2, 0.25) is 5.91 Å². The van der Waals surface area contributed by atoms with Crippen molar-refractivity contribution < 1.29 is 38.3 Å². The molecular weight excluding hydrogens is 444 g/mol. The molecule has 1 heterocycles. The van der Waals surface area contributed by atoms with E-state index in [1.807, 2.05) is 19.1 Å². The molecule has 0 radical (unpaired) electrons. The smallest absolute Gasteiger partial charge is 0.294 e. The normalized spacial score (nSPS) is 22.7. The van der Waals surface area contributed by atoms with Crippen molar-refractivity contribution in [2.75, 3.05) is 46.8 Å². The zero-order valence-corrected chi connectivity index (χ0v) is 20.7. The number of terminal acetylenes is 1. The summed E-state index contributed by atoms with van der Waals surface area (Å²) in [5.41, 5.74) is -0.597. The zero-order chi connectivity index (χ0) is 25.2. The third-order valence-electron chi connectivity index (χ3n) is 5.62. The lowest BCUT2D eigenvalue weighted by Gasteiger charge is -2.41.